The van der Waals surface area contributed by atoms with E-state index in [-0.39, 0.29) is 0 Å². The van der Waals surface area contributed by atoms with E-state index in [1.807, 2.05) is 0 Å². The Morgan fingerprint density at radius 3 is 2.56 bits per heavy atom. The summed E-state index contributed by atoms with van der Waals surface area (Å²) in [5.41, 5.74) is 6.13. The topological polar surface area (TPSA) is 63.4 Å². The summed E-state index contributed by atoms with van der Waals surface area (Å²) < 4.78 is 26.4. The minimum Gasteiger partial charge on any atom is -0.399 e. The van der Waals surface area contributed by atoms with Crippen LogP contribution in [0.1, 0.15) is 26.2 Å². The molecule has 100 valence electrons. The third-order valence-electron chi connectivity index (χ3n) is 3.65. The molecule has 2 rings (SSSR count). The van der Waals surface area contributed by atoms with E-state index in [2.05, 4.69) is 6.92 Å². The Bertz CT molecular complexity index is 505. The standard InChI is InChI=1S/C13H20N2O2S/c1-2-11-6-8-15(9-7-11)18(16,17)13-5-3-4-12(14)10-13/h3-5,10-11H,2,6-9,14H2,1H3. The summed E-state index contributed by atoms with van der Waals surface area (Å²) in [5, 5.41) is 0. The Hall–Kier alpha value is -1.07. The van der Waals surface area contributed by atoms with E-state index in [0.29, 0.717) is 29.6 Å². The van der Waals surface area contributed by atoms with Crippen molar-refractivity contribution in [1.82, 2.24) is 4.31 Å². The second-order valence-electron chi connectivity index (χ2n) is 4.83. The van der Waals surface area contributed by atoms with Crippen LogP contribution in [0.3, 0.4) is 0 Å². The lowest BCUT2D eigenvalue weighted by Crippen LogP contribution is -2.38. The molecule has 0 aliphatic carbocycles. The highest BCUT2D eigenvalue weighted by Gasteiger charge is 2.28. The van der Waals surface area contributed by atoms with Gasteiger partial charge in [0.15, 0.2) is 0 Å². The molecule has 1 aliphatic heterocycles. The first-order valence-corrected chi connectivity index (χ1v) is 7.83. The lowest BCUT2D eigenvalue weighted by atomic mass is 9.96. The Labute approximate surface area is 109 Å². The number of sulfonamides is 1. The molecular formula is C13H20N2O2S. The van der Waals surface area contributed by atoms with Gasteiger partial charge in [0.05, 0.1) is 4.90 Å². The number of hydrogen-bond acceptors (Lipinski definition) is 3. The van der Waals surface area contributed by atoms with Crippen molar-refractivity contribution >= 4 is 15.7 Å². The van der Waals surface area contributed by atoms with Crippen molar-refractivity contribution in [2.75, 3.05) is 18.8 Å². The monoisotopic (exact) mass is 268 g/mol. The number of nitrogen functional groups attached to an aromatic ring is 1. The van der Waals surface area contributed by atoms with Crippen molar-refractivity contribution in [3.05, 3.63) is 24.3 Å². The zero-order chi connectivity index (χ0) is 13.2. The summed E-state index contributed by atoms with van der Waals surface area (Å²) in [6.07, 6.45) is 3.04. The molecule has 1 heterocycles. The fraction of sp³-hybridized carbons (Fsp3) is 0.538. The van der Waals surface area contributed by atoms with E-state index in [0.717, 1.165) is 19.3 Å². The van der Waals surface area contributed by atoms with Crippen LogP contribution in [0.4, 0.5) is 5.69 Å². The first-order chi connectivity index (χ1) is 8.54. The third kappa shape index (κ3) is 2.67. The Balaban J connectivity index is 2.17. The molecule has 1 aromatic rings. The van der Waals surface area contributed by atoms with Gasteiger partial charge >= 0.3 is 0 Å². The molecular weight excluding hydrogens is 248 g/mol. The van der Waals surface area contributed by atoms with E-state index in [1.54, 1.807) is 22.5 Å². The van der Waals surface area contributed by atoms with Gasteiger partial charge in [-0.15, -0.1) is 0 Å². The number of rotatable bonds is 3. The number of nitrogens with two attached hydrogens (primary N) is 1. The summed E-state index contributed by atoms with van der Waals surface area (Å²) in [5.74, 6) is 0.664. The smallest absolute Gasteiger partial charge is 0.243 e. The molecule has 0 radical (unpaired) electrons. The molecule has 0 spiro atoms. The van der Waals surface area contributed by atoms with E-state index in [9.17, 15) is 8.42 Å². The molecule has 0 atom stereocenters. The second-order valence-corrected chi connectivity index (χ2v) is 6.77. The van der Waals surface area contributed by atoms with E-state index < -0.39 is 10.0 Å². The molecule has 1 saturated heterocycles. The van der Waals surface area contributed by atoms with Gasteiger partial charge < -0.3 is 5.73 Å². The van der Waals surface area contributed by atoms with Gasteiger partial charge in [0.1, 0.15) is 0 Å². The predicted octanol–water partition coefficient (Wildman–Crippen LogP) is 2.08. The van der Waals surface area contributed by atoms with Crippen LogP contribution < -0.4 is 5.73 Å². The number of piperidine rings is 1. The van der Waals surface area contributed by atoms with Gasteiger partial charge in [-0.2, -0.15) is 4.31 Å². The zero-order valence-corrected chi connectivity index (χ0v) is 11.5. The van der Waals surface area contributed by atoms with Crippen LogP contribution in [-0.2, 0) is 10.0 Å². The zero-order valence-electron chi connectivity index (χ0n) is 10.7. The van der Waals surface area contributed by atoms with Crippen molar-refractivity contribution in [3.63, 3.8) is 0 Å². The maximum absolute atomic E-state index is 12.4. The number of benzene rings is 1. The second kappa shape index (κ2) is 5.28. The molecule has 0 amide bonds. The molecule has 0 bridgehead atoms. The van der Waals surface area contributed by atoms with Crippen LogP contribution in [0.2, 0.25) is 0 Å². The average molecular weight is 268 g/mol. The molecule has 0 saturated carbocycles. The maximum atomic E-state index is 12.4. The molecule has 1 aromatic carbocycles. The Morgan fingerprint density at radius 2 is 2.00 bits per heavy atom. The van der Waals surface area contributed by atoms with Crippen molar-refractivity contribution in [3.8, 4) is 0 Å². The van der Waals surface area contributed by atoms with Crippen molar-refractivity contribution < 1.29 is 8.42 Å². The van der Waals surface area contributed by atoms with E-state index >= 15 is 0 Å². The van der Waals surface area contributed by atoms with Crippen LogP contribution >= 0.6 is 0 Å². The molecule has 4 nitrogen and oxygen atoms in total. The molecule has 1 aliphatic rings. The van der Waals surface area contributed by atoms with Gasteiger partial charge in [-0.3, -0.25) is 0 Å². The number of anilines is 1. The highest BCUT2D eigenvalue weighted by Crippen LogP contribution is 2.25. The largest absolute Gasteiger partial charge is 0.399 e. The molecule has 0 aromatic heterocycles. The van der Waals surface area contributed by atoms with E-state index in [4.69, 9.17) is 5.73 Å². The van der Waals surface area contributed by atoms with Crippen molar-refractivity contribution in [2.45, 2.75) is 31.1 Å². The van der Waals surface area contributed by atoms with Gasteiger partial charge in [-0.1, -0.05) is 19.4 Å². The van der Waals surface area contributed by atoms with Crippen LogP contribution in [0.5, 0.6) is 0 Å². The number of nitrogens with zero attached hydrogens (tertiary/aromatic N) is 1. The van der Waals surface area contributed by atoms with Gasteiger partial charge in [0.25, 0.3) is 0 Å². The average Bonchev–Trinajstić information content (AvgIpc) is 2.39. The Kier molecular flexibility index (Phi) is 3.92. The quantitative estimate of drug-likeness (QED) is 0.854. The van der Waals surface area contributed by atoms with Gasteiger partial charge in [0.2, 0.25) is 10.0 Å². The summed E-state index contributed by atoms with van der Waals surface area (Å²) in [4.78, 5) is 0.303. The van der Waals surface area contributed by atoms with Gasteiger partial charge in [-0.25, -0.2) is 8.42 Å². The Morgan fingerprint density at radius 1 is 1.33 bits per heavy atom. The molecule has 5 heteroatoms. The lowest BCUT2D eigenvalue weighted by Gasteiger charge is -2.30. The van der Waals surface area contributed by atoms with Crippen LogP contribution in [0.15, 0.2) is 29.2 Å². The number of hydrogen-bond donors (Lipinski definition) is 1. The third-order valence-corrected chi connectivity index (χ3v) is 5.54. The first-order valence-electron chi connectivity index (χ1n) is 6.39. The normalized spacial score (nSPS) is 18.9. The molecule has 1 fully saturated rings. The highest BCUT2D eigenvalue weighted by atomic mass is 32.2. The van der Waals surface area contributed by atoms with Gasteiger partial charge in [-0.05, 0) is 37.0 Å². The summed E-state index contributed by atoms with van der Waals surface area (Å²) in [6.45, 7) is 3.40. The molecule has 0 unspecified atom stereocenters. The summed E-state index contributed by atoms with van der Waals surface area (Å²) in [7, 11) is -3.36. The predicted molar refractivity (Wildman–Crippen MR) is 72.6 cm³/mol. The van der Waals surface area contributed by atoms with Crippen LogP contribution in [-0.4, -0.2) is 25.8 Å². The minimum atomic E-state index is -3.36. The van der Waals surface area contributed by atoms with Crippen molar-refractivity contribution in [1.29, 1.82) is 0 Å². The maximum Gasteiger partial charge on any atom is 0.243 e. The summed E-state index contributed by atoms with van der Waals surface area (Å²) >= 11 is 0. The highest BCUT2D eigenvalue weighted by molar-refractivity contribution is 7.89. The first kappa shape index (κ1) is 13.4. The molecule has 2 N–H and O–H groups in total. The van der Waals surface area contributed by atoms with Crippen LogP contribution in [0, 0.1) is 5.92 Å². The van der Waals surface area contributed by atoms with Crippen molar-refractivity contribution in [2.24, 2.45) is 5.92 Å². The summed E-state index contributed by atoms with van der Waals surface area (Å²) in [6, 6.07) is 6.52. The van der Waals surface area contributed by atoms with Crippen LogP contribution in [0.25, 0.3) is 0 Å². The lowest BCUT2D eigenvalue weighted by molar-refractivity contribution is 0.269. The minimum absolute atomic E-state index is 0.303. The fourth-order valence-corrected chi connectivity index (χ4v) is 3.91. The fourth-order valence-electron chi connectivity index (χ4n) is 2.38. The molecule has 18 heavy (non-hydrogen) atoms. The van der Waals surface area contributed by atoms with Gasteiger partial charge in [0, 0.05) is 18.8 Å². The van der Waals surface area contributed by atoms with E-state index in [1.165, 1.54) is 6.07 Å². The SMILES string of the molecule is CCC1CCN(S(=O)(=O)c2cccc(N)c2)CC1.